The molecule has 2 aromatic rings. The van der Waals surface area contributed by atoms with Crippen molar-refractivity contribution in [3.63, 3.8) is 0 Å². The molecule has 1 amide bonds. The molecule has 9 heteroatoms. The number of nitriles is 1. The predicted molar refractivity (Wildman–Crippen MR) is 120 cm³/mol. The molecule has 3 rings (SSSR count). The molecular formula is C23H19ClN2O5S. The van der Waals surface area contributed by atoms with Crippen molar-refractivity contribution in [2.45, 2.75) is 11.7 Å². The minimum Gasteiger partial charge on any atom is -0.468 e. The van der Waals surface area contributed by atoms with Gasteiger partial charge < -0.3 is 14.8 Å². The number of amides is 1. The molecule has 32 heavy (non-hydrogen) atoms. The van der Waals surface area contributed by atoms with E-state index in [-0.39, 0.29) is 5.57 Å². The number of hydrogen-bond donors (Lipinski definition) is 1. The third-order valence-corrected chi connectivity index (χ3v) is 6.44. The number of benzene rings is 2. The molecule has 0 saturated carbocycles. The van der Waals surface area contributed by atoms with Crippen LogP contribution in [0.1, 0.15) is 27.4 Å². The van der Waals surface area contributed by atoms with E-state index in [1.807, 2.05) is 18.2 Å². The third kappa shape index (κ3) is 4.79. The van der Waals surface area contributed by atoms with E-state index in [2.05, 4.69) is 11.4 Å². The summed E-state index contributed by atoms with van der Waals surface area (Å²) in [5, 5.41) is 13.6. The number of allylic oxidation sites excluding steroid dienone is 1. The number of ether oxygens (including phenoxy) is 2. The maximum atomic E-state index is 12.9. The molecule has 0 aliphatic carbocycles. The van der Waals surface area contributed by atoms with E-state index in [4.69, 9.17) is 21.1 Å². The largest absolute Gasteiger partial charge is 0.468 e. The van der Waals surface area contributed by atoms with Gasteiger partial charge in [0, 0.05) is 16.7 Å². The molecule has 0 bridgehead atoms. The quantitative estimate of drug-likeness (QED) is 0.505. The van der Waals surface area contributed by atoms with Crippen molar-refractivity contribution in [2.75, 3.05) is 14.2 Å². The van der Waals surface area contributed by atoms with E-state index >= 15 is 0 Å². The highest BCUT2D eigenvalue weighted by molar-refractivity contribution is 8.02. The molecule has 1 N–H and O–H groups in total. The first kappa shape index (κ1) is 23.4. The predicted octanol–water partition coefficient (Wildman–Crippen LogP) is 3.80. The smallest absolute Gasteiger partial charge is 0.337 e. The van der Waals surface area contributed by atoms with Gasteiger partial charge in [0.2, 0.25) is 5.91 Å². The van der Waals surface area contributed by atoms with Gasteiger partial charge in [-0.3, -0.25) is 9.59 Å². The van der Waals surface area contributed by atoms with Gasteiger partial charge in [0.25, 0.3) is 0 Å². The Morgan fingerprint density at radius 1 is 1.12 bits per heavy atom. The van der Waals surface area contributed by atoms with Crippen LogP contribution in [0.3, 0.4) is 0 Å². The number of thioether (sulfide) groups is 1. The summed E-state index contributed by atoms with van der Waals surface area (Å²) >= 11 is 7.47. The summed E-state index contributed by atoms with van der Waals surface area (Å²) in [6.07, 6.45) is 0. The fourth-order valence-electron chi connectivity index (χ4n) is 3.39. The molecular weight excluding hydrogens is 452 g/mol. The van der Waals surface area contributed by atoms with Crippen molar-refractivity contribution in [1.82, 2.24) is 5.32 Å². The lowest BCUT2D eigenvalue weighted by atomic mass is 9.78. The number of esters is 2. The lowest BCUT2D eigenvalue weighted by Gasteiger charge is -2.31. The lowest BCUT2D eigenvalue weighted by Crippen LogP contribution is -2.44. The Morgan fingerprint density at radius 2 is 1.81 bits per heavy atom. The van der Waals surface area contributed by atoms with E-state index in [9.17, 15) is 19.6 Å². The molecule has 1 aliphatic rings. The molecule has 2 atom stereocenters. The van der Waals surface area contributed by atoms with Crippen LogP contribution in [0, 0.1) is 17.2 Å². The molecule has 0 radical (unpaired) electrons. The number of nitrogens with one attached hydrogen (secondary N) is 1. The first-order valence-corrected chi connectivity index (χ1v) is 10.8. The topological polar surface area (TPSA) is 105 Å². The Labute approximate surface area is 194 Å². The first-order valence-electron chi connectivity index (χ1n) is 9.48. The number of methoxy groups -OCH3 is 2. The Balaban J connectivity index is 2.03. The van der Waals surface area contributed by atoms with Crippen LogP contribution in [0.4, 0.5) is 0 Å². The maximum Gasteiger partial charge on any atom is 0.337 e. The number of carbonyl (C=O) groups excluding carboxylic acids is 3. The van der Waals surface area contributed by atoms with Crippen LogP contribution in [-0.4, -0.2) is 32.1 Å². The number of nitrogens with zero attached hydrogens (tertiary/aromatic N) is 1. The van der Waals surface area contributed by atoms with Gasteiger partial charge in [-0.05, 0) is 29.3 Å². The summed E-state index contributed by atoms with van der Waals surface area (Å²) in [4.78, 5) is 37.1. The maximum absolute atomic E-state index is 12.9. The van der Waals surface area contributed by atoms with Crippen LogP contribution < -0.4 is 5.32 Å². The van der Waals surface area contributed by atoms with Gasteiger partial charge in [-0.1, -0.05) is 41.9 Å². The van der Waals surface area contributed by atoms with Crippen molar-refractivity contribution in [3.05, 3.63) is 80.8 Å². The van der Waals surface area contributed by atoms with Crippen molar-refractivity contribution in [2.24, 2.45) is 5.92 Å². The second kappa shape index (κ2) is 10.4. The minimum atomic E-state index is -1.25. The summed E-state index contributed by atoms with van der Waals surface area (Å²) in [7, 11) is 2.46. The number of rotatable bonds is 6. The van der Waals surface area contributed by atoms with Crippen molar-refractivity contribution >= 4 is 41.2 Å². The van der Waals surface area contributed by atoms with Gasteiger partial charge in [-0.15, -0.1) is 11.8 Å². The van der Waals surface area contributed by atoms with Crippen LogP contribution in [0.2, 0.25) is 5.02 Å². The SMILES string of the molecule is COC(=O)c1ccc([C@H]2C(C#N)=C(SCc3ccccc3Cl)NC(=O)[C@H]2C(=O)OC)cc1. The molecule has 1 aliphatic heterocycles. The average molecular weight is 471 g/mol. The van der Waals surface area contributed by atoms with E-state index in [0.717, 1.165) is 5.56 Å². The molecule has 0 saturated heterocycles. The van der Waals surface area contributed by atoms with Gasteiger partial charge in [0.05, 0.1) is 36.5 Å². The van der Waals surface area contributed by atoms with E-state index in [1.165, 1.54) is 38.1 Å². The molecule has 0 fully saturated rings. The monoisotopic (exact) mass is 470 g/mol. The van der Waals surface area contributed by atoms with Gasteiger partial charge in [0.15, 0.2) is 0 Å². The van der Waals surface area contributed by atoms with Crippen LogP contribution >= 0.6 is 23.4 Å². The summed E-state index contributed by atoms with van der Waals surface area (Å²) in [6.45, 7) is 0. The normalized spacial score (nSPS) is 17.9. The Hall–Kier alpha value is -3.28. The van der Waals surface area contributed by atoms with Crippen LogP contribution in [0.15, 0.2) is 59.1 Å². The molecule has 0 spiro atoms. The van der Waals surface area contributed by atoms with Gasteiger partial charge in [-0.25, -0.2) is 4.79 Å². The van der Waals surface area contributed by atoms with Gasteiger partial charge in [0.1, 0.15) is 5.92 Å². The Morgan fingerprint density at radius 3 is 2.41 bits per heavy atom. The second-order valence-electron chi connectivity index (χ2n) is 6.82. The van der Waals surface area contributed by atoms with Crippen molar-refractivity contribution in [1.29, 1.82) is 5.26 Å². The fraction of sp³-hybridized carbons (Fsp3) is 0.217. The van der Waals surface area contributed by atoms with Crippen molar-refractivity contribution in [3.8, 4) is 6.07 Å². The zero-order chi connectivity index (χ0) is 23.3. The fourth-order valence-corrected chi connectivity index (χ4v) is 4.72. The zero-order valence-corrected chi connectivity index (χ0v) is 18.8. The molecule has 0 aromatic heterocycles. The Kier molecular flexibility index (Phi) is 7.57. The average Bonchev–Trinajstić information content (AvgIpc) is 2.82. The highest BCUT2D eigenvalue weighted by atomic mass is 35.5. The lowest BCUT2D eigenvalue weighted by molar-refractivity contribution is -0.150. The molecule has 2 aromatic carbocycles. The van der Waals surface area contributed by atoms with E-state index < -0.39 is 29.7 Å². The van der Waals surface area contributed by atoms with E-state index in [0.29, 0.717) is 26.9 Å². The summed E-state index contributed by atoms with van der Waals surface area (Å²) < 4.78 is 9.54. The van der Waals surface area contributed by atoms with Gasteiger partial charge in [-0.2, -0.15) is 5.26 Å². The van der Waals surface area contributed by atoms with Gasteiger partial charge >= 0.3 is 11.9 Å². The highest BCUT2D eigenvalue weighted by Crippen LogP contribution is 2.41. The van der Waals surface area contributed by atoms with Crippen LogP contribution in [-0.2, 0) is 24.8 Å². The number of carbonyl (C=O) groups is 3. The Bertz CT molecular complexity index is 1120. The van der Waals surface area contributed by atoms with Crippen molar-refractivity contribution < 1.29 is 23.9 Å². The molecule has 0 unspecified atom stereocenters. The first-order chi connectivity index (χ1) is 15.4. The molecule has 7 nitrogen and oxygen atoms in total. The van der Waals surface area contributed by atoms with Crippen LogP contribution in [0.5, 0.6) is 0 Å². The summed E-state index contributed by atoms with van der Waals surface area (Å²) in [6, 6.07) is 15.7. The standard InChI is InChI=1S/C23H19ClN2O5S/c1-30-22(28)14-9-7-13(8-10-14)18-16(11-25)21(26-20(27)19(18)23(29)31-2)32-12-15-5-3-4-6-17(15)24/h3-10,18-19H,12H2,1-2H3,(H,26,27)/t18-,19-/m0/s1. The summed E-state index contributed by atoms with van der Waals surface area (Å²) in [5.41, 5.74) is 1.90. The second-order valence-corrected chi connectivity index (χ2v) is 8.21. The number of halogens is 1. The zero-order valence-electron chi connectivity index (χ0n) is 17.3. The highest BCUT2D eigenvalue weighted by Gasteiger charge is 2.44. The third-order valence-electron chi connectivity index (χ3n) is 5.00. The molecule has 1 heterocycles. The summed E-state index contributed by atoms with van der Waals surface area (Å²) in [5.74, 6) is -3.55. The molecule has 164 valence electrons. The van der Waals surface area contributed by atoms with Crippen LogP contribution in [0.25, 0.3) is 0 Å². The number of hydrogen-bond acceptors (Lipinski definition) is 7. The minimum absolute atomic E-state index is 0.225. The van der Waals surface area contributed by atoms with E-state index in [1.54, 1.807) is 18.2 Å².